The molecular formula is C12H16N2O. The fourth-order valence-corrected chi connectivity index (χ4v) is 2.05. The summed E-state index contributed by atoms with van der Waals surface area (Å²) in [6.07, 6.45) is 2.73. The molecule has 1 aromatic carbocycles. The van der Waals surface area contributed by atoms with Gasteiger partial charge in [-0.25, -0.2) is 0 Å². The number of nitrogens with two attached hydrogens (primary N) is 1. The lowest BCUT2D eigenvalue weighted by Crippen LogP contribution is -2.40. The molecule has 80 valence electrons. The molecule has 2 atom stereocenters. The van der Waals surface area contributed by atoms with E-state index in [4.69, 9.17) is 10.6 Å². The zero-order valence-electron chi connectivity index (χ0n) is 8.65. The van der Waals surface area contributed by atoms with E-state index < -0.39 is 0 Å². The van der Waals surface area contributed by atoms with Gasteiger partial charge in [-0.1, -0.05) is 24.3 Å². The smallest absolute Gasteiger partial charge is 0.122 e. The third-order valence-corrected chi connectivity index (χ3v) is 2.86. The van der Waals surface area contributed by atoms with Gasteiger partial charge in [0.2, 0.25) is 0 Å². The summed E-state index contributed by atoms with van der Waals surface area (Å²) in [6.45, 7) is 4.44. The molecule has 0 aromatic heterocycles. The second kappa shape index (κ2) is 4.47. The van der Waals surface area contributed by atoms with Crippen LogP contribution in [0.3, 0.4) is 0 Å². The Morgan fingerprint density at radius 2 is 2.40 bits per heavy atom. The van der Waals surface area contributed by atoms with Gasteiger partial charge in [0, 0.05) is 17.5 Å². The van der Waals surface area contributed by atoms with Crippen LogP contribution in [0.15, 0.2) is 36.9 Å². The Hall–Kier alpha value is -1.32. The number of hydrazine groups is 1. The fourth-order valence-electron chi connectivity index (χ4n) is 2.05. The Kier molecular flexibility index (Phi) is 3.04. The van der Waals surface area contributed by atoms with Crippen LogP contribution in [0, 0.1) is 0 Å². The molecule has 0 saturated heterocycles. The fraction of sp³-hybridized carbons (Fsp3) is 0.333. The van der Waals surface area contributed by atoms with Gasteiger partial charge in [0.15, 0.2) is 0 Å². The first-order chi connectivity index (χ1) is 7.36. The highest BCUT2D eigenvalue weighted by atomic mass is 16.5. The van der Waals surface area contributed by atoms with Crippen molar-refractivity contribution in [1.82, 2.24) is 5.43 Å². The van der Waals surface area contributed by atoms with Crippen LogP contribution in [-0.4, -0.2) is 12.6 Å². The highest BCUT2D eigenvalue weighted by Crippen LogP contribution is 2.36. The largest absolute Gasteiger partial charge is 0.493 e. The molecule has 0 spiro atoms. The SMILES string of the molecule is C=CCC(NN)C1COc2ccccc21. The van der Waals surface area contributed by atoms with E-state index >= 15 is 0 Å². The number of hydrogen-bond acceptors (Lipinski definition) is 3. The van der Waals surface area contributed by atoms with E-state index in [-0.39, 0.29) is 6.04 Å². The summed E-state index contributed by atoms with van der Waals surface area (Å²) in [6, 6.07) is 8.31. The Morgan fingerprint density at radius 1 is 1.60 bits per heavy atom. The van der Waals surface area contributed by atoms with Crippen LogP contribution in [0.25, 0.3) is 0 Å². The molecule has 1 aliphatic rings. The maximum absolute atomic E-state index is 5.61. The van der Waals surface area contributed by atoms with Crippen LogP contribution in [0.1, 0.15) is 17.9 Å². The van der Waals surface area contributed by atoms with E-state index in [0.29, 0.717) is 12.5 Å². The van der Waals surface area contributed by atoms with E-state index in [2.05, 4.69) is 18.1 Å². The lowest BCUT2D eigenvalue weighted by molar-refractivity contribution is 0.299. The van der Waals surface area contributed by atoms with Gasteiger partial charge in [0.25, 0.3) is 0 Å². The molecule has 0 amide bonds. The van der Waals surface area contributed by atoms with E-state index in [1.54, 1.807) is 0 Å². The minimum Gasteiger partial charge on any atom is -0.493 e. The van der Waals surface area contributed by atoms with Gasteiger partial charge in [-0.2, -0.15) is 0 Å². The van der Waals surface area contributed by atoms with Crippen LogP contribution in [0.5, 0.6) is 5.75 Å². The number of nitrogens with one attached hydrogen (secondary N) is 1. The number of ether oxygens (including phenoxy) is 1. The summed E-state index contributed by atoms with van der Waals surface area (Å²) in [5.41, 5.74) is 4.07. The molecule has 3 nitrogen and oxygen atoms in total. The van der Waals surface area contributed by atoms with Crippen molar-refractivity contribution >= 4 is 0 Å². The molecule has 0 aliphatic carbocycles. The van der Waals surface area contributed by atoms with E-state index in [9.17, 15) is 0 Å². The van der Waals surface area contributed by atoms with Crippen LogP contribution >= 0.6 is 0 Å². The Balaban J connectivity index is 2.21. The van der Waals surface area contributed by atoms with Crippen LogP contribution < -0.4 is 16.0 Å². The third-order valence-electron chi connectivity index (χ3n) is 2.86. The van der Waals surface area contributed by atoms with Crippen molar-refractivity contribution in [3.63, 3.8) is 0 Å². The maximum Gasteiger partial charge on any atom is 0.122 e. The number of fused-ring (bicyclic) bond motifs is 1. The summed E-state index contributed by atoms with van der Waals surface area (Å²) < 4.78 is 5.61. The van der Waals surface area contributed by atoms with Gasteiger partial charge in [-0.05, 0) is 12.5 Å². The highest BCUT2D eigenvalue weighted by molar-refractivity contribution is 5.40. The summed E-state index contributed by atoms with van der Waals surface area (Å²) >= 11 is 0. The summed E-state index contributed by atoms with van der Waals surface area (Å²) in [5.74, 6) is 6.84. The molecule has 3 N–H and O–H groups in total. The zero-order chi connectivity index (χ0) is 10.7. The zero-order valence-corrected chi connectivity index (χ0v) is 8.65. The Bertz CT molecular complexity index is 351. The lowest BCUT2D eigenvalue weighted by Gasteiger charge is -2.20. The number of benzene rings is 1. The first-order valence-corrected chi connectivity index (χ1v) is 5.15. The van der Waals surface area contributed by atoms with Crippen LogP contribution in [0.2, 0.25) is 0 Å². The Labute approximate surface area is 89.9 Å². The van der Waals surface area contributed by atoms with E-state index in [1.807, 2.05) is 24.3 Å². The number of hydrogen-bond donors (Lipinski definition) is 2. The highest BCUT2D eigenvalue weighted by Gasteiger charge is 2.29. The van der Waals surface area contributed by atoms with Crippen molar-refractivity contribution in [2.75, 3.05) is 6.61 Å². The van der Waals surface area contributed by atoms with Crippen molar-refractivity contribution in [3.8, 4) is 5.75 Å². The predicted octanol–water partition coefficient (Wildman–Crippen LogP) is 1.57. The summed E-state index contributed by atoms with van der Waals surface area (Å²) in [5, 5.41) is 0. The van der Waals surface area contributed by atoms with Gasteiger partial charge in [0.1, 0.15) is 5.75 Å². The van der Waals surface area contributed by atoms with E-state index in [1.165, 1.54) is 5.56 Å². The average Bonchev–Trinajstić information content (AvgIpc) is 2.70. The van der Waals surface area contributed by atoms with Crippen molar-refractivity contribution < 1.29 is 4.74 Å². The van der Waals surface area contributed by atoms with Gasteiger partial charge in [0.05, 0.1) is 6.61 Å². The van der Waals surface area contributed by atoms with Crippen LogP contribution in [-0.2, 0) is 0 Å². The third kappa shape index (κ3) is 1.89. The van der Waals surface area contributed by atoms with E-state index in [0.717, 1.165) is 12.2 Å². The molecule has 0 bridgehead atoms. The molecule has 0 radical (unpaired) electrons. The molecule has 1 aromatic rings. The molecule has 0 fully saturated rings. The van der Waals surface area contributed by atoms with Crippen molar-refractivity contribution in [3.05, 3.63) is 42.5 Å². The molecular weight excluding hydrogens is 188 g/mol. The number of rotatable bonds is 4. The summed E-state index contributed by atoms with van der Waals surface area (Å²) in [7, 11) is 0. The molecule has 3 heteroatoms. The summed E-state index contributed by atoms with van der Waals surface area (Å²) in [4.78, 5) is 0. The molecule has 1 aliphatic heterocycles. The quantitative estimate of drug-likeness (QED) is 0.444. The van der Waals surface area contributed by atoms with Gasteiger partial charge in [-0.15, -0.1) is 6.58 Å². The molecule has 2 rings (SSSR count). The monoisotopic (exact) mass is 204 g/mol. The first-order valence-electron chi connectivity index (χ1n) is 5.15. The minimum atomic E-state index is 0.200. The normalized spacial score (nSPS) is 20.5. The predicted molar refractivity (Wildman–Crippen MR) is 60.6 cm³/mol. The topological polar surface area (TPSA) is 47.3 Å². The minimum absolute atomic E-state index is 0.200. The average molecular weight is 204 g/mol. The van der Waals surface area contributed by atoms with Crippen molar-refractivity contribution in [2.45, 2.75) is 18.4 Å². The first kappa shape index (κ1) is 10.2. The lowest BCUT2D eigenvalue weighted by atomic mass is 9.92. The maximum atomic E-state index is 5.61. The number of para-hydroxylation sites is 1. The van der Waals surface area contributed by atoms with Crippen molar-refractivity contribution in [2.24, 2.45) is 5.84 Å². The van der Waals surface area contributed by atoms with Gasteiger partial charge >= 0.3 is 0 Å². The van der Waals surface area contributed by atoms with Crippen molar-refractivity contribution in [1.29, 1.82) is 0 Å². The van der Waals surface area contributed by atoms with Gasteiger partial charge < -0.3 is 4.74 Å². The molecule has 15 heavy (non-hydrogen) atoms. The standard InChI is InChI=1S/C12H16N2O/c1-2-5-11(14-13)10-8-15-12-7-4-3-6-9(10)12/h2-4,6-7,10-11,14H,1,5,8,13H2. The second-order valence-corrected chi connectivity index (χ2v) is 3.75. The van der Waals surface area contributed by atoms with Crippen LogP contribution in [0.4, 0.5) is 0 Å². The molecule has 1 heterocycles. The molecule has 2 unspecified atom stereocenters. The second-order valence-electron chi connectivity index (χ2n) is 3.75. The Morgan fingerprint density at radius 3 is 3.13 bits per heavy atom. The molecule has 0 saturated carbocycles. The van der Waals surface area contributed by atoms with Gasteiger partial charge in [-0.3, -0.25) is 11.3 Å².